The van der Waals surface area contributed by atoms with E-state index in [0.29, 0.717) is 0 Å². The van der Waals surface area contributed by atoms with Gasteiger partial charge in [-0.15, -0.1) is 0 Å². The zero-order valence-electron chi connectivity index (χ0n) is 13.2. The predicted molar refractivity (Wildman–Crippen MR) is 86.4 cm³/mol. The number of hydrogen-bond donors (Lipinski definition) is 2. The summed E-state index contributed by atoms with van der Waals surface area (Å²) in [5.74, 6) is 1.06. The van der Waals surface area contributed by atoms with Gasteiger partial charge < -0.3 is 10.3 Å². The number of aryl methyl sites for hydroxylation is 3. The first-order valence-corrected chi connectivity index (χ1v) is 7.68. The molecule has 21 heavy (non-hydrogen) atoms. The number of aromatic nitrogens is 2. The number of nitrogens with one attached hydrogen (secondary N) is 2. The van der Waals surface area contributed by atoms with E-state index >= 15 is 0 Å². The van der Waals surface area contributed by atoms with Crippen LogP contribution in [-0.4, -0.2) is 41.0 Å². The van der Waals surface area contributed by atoms with Crippen LogP contribution in [0, 0.1) is 20.8 Å². The quantitative estimate of drug-likeness (QED) is 0.909. The van der Waals surface area contributed by atoms with Crippen LogP contribution in [-0.2, 0) is 6.54 Å². The number of imidazole rings is 1. The van der Waals surface area contributed by atoms with Crippen molar-refractivity contribution in [1.82, 2.24) is 20.2 Å². The molecule has 1 saturated heterocycles. The van der Waals surface area contributed by atoms with Crippen LogP contribution < -0.4 is 5.32 Å². The number of aromatic amines is 1. The van der Waals surface area contributed by atoms with E-state index in [1.807, 2.05) is 6.20 Å². The summed E-state index contributed by atoms with van der Waals surface area (Å²) in [4.78, 5) is 10.5. The fraction of sp³-hybridized carbons (Fsp3) is 0.471. The molecule has 3 rings (SSSR count). The topological polar surface area (TPSA) is 44.0 Å². The second kappa shape index (κ2) is 6.00. The van der Waals surface area contributed by atoms with E-state index in [4.69, 9.17) is 0 Å². The fourth-order valence-electron chi connectivity index (χ4n) is 2.91. The molecular weight excluding hydrogens is 260 g/mol. The normalized spacial score (nSPS) is 16.3. The molecule has 0 bridgehead atoms. The number of benzene rings is 1. The molecule has 0 saturated carbocycles. The first-order chi connectivity index (χ1) is 10.1. The molecule has 1 aromatic carbocycles. The Labute approximate surface area is 126 Å². The van der Waals surface area contributed by atoms with E-state index in [9.17, 15) is 0 Å². The Kier molecular flexibility index (Phi) is 4.08. The van der Waals surface area contributed by atoms with Crippen molar-refractivity contribution in [3.8, 4) is 11.3 Å². The first-order valence-electron chi connectivity index (χ1n) is 7.68. The molecule has 1 fully saturated rings. The van der Waals surface area contributed by atoms with Crippen molar-refractivity contribution in [3.05, 3.63) is 40.8 Å². The van der Waals surface area contributed by atoms with E-state index in [0.717, 1.165) is 44.2 Å². The van der Waals surface area contributed by atoms with Crippen molar-refractivity contribution in [3.63, 3.8) is 0 Å². The smallest absolute Gasteiger partial charge is 0.120 e. The minimum Gasteiger partial charge on any atom is -0.341 e. The Morgan fingerprint density at radius 1 is 1.05 bits per heavy atom. The van der Waals surface area contributed by atoms with Gasteiger partial charge in [0, 0.05) is 31.7 Å². The van der Waals surface area contributed by atoms with Crippen LogP contribution in [0.2, 0.25) is 0 Å². The van der Waals surface area contributed by atoms with Crippen LogP contribution >= 0.6 is 0 Å². The monoisotopic (exact) mass is 284 g/mol. The van der Waals surface area contributed by atoms with E-state index in [-0.39, 0.29) is 0 Å². The molecule has 4 heteroatoms. The van der Waals surface area contributed by atoms with E-state index in [1.165, 1.54) is 22.3 Å². The van der Waals surface area contributed by atoms with Gasteiger partial charge in [0.2, 0.25) is 0 Å². The highest BCUT2D eigenvalue weighted by Crippen LogP contribution is 2.25. The van der Waals surface area contributed by atoms with Crippen LogP contribution in [0.4, 0.5) is 0 Å². The standard InChI is InChI=1S/C17H24N4/c1-12-8-14(3)15(9-13(12)2)16-10-19-17(20-16)11-21-6-4-18-5-7-21/h8-10,18H,4-7,11H2,1-3H3,(H,19,20). The molecule has 2 aromatic rings. The van der Waals surface area contributed by atoms with E-state index < -0.39 is 0 Å². The third kappa shape index (κ3) is 3.17. The Morgan fingerprint density at radius 2 is 1.76 bits per heavy atom. The lowest BCUT2D eigenvalue weighted by Crippen LogP contribution is -2.43. The van der Waals surface area contributed by atoms with Crippen molar-refractivity contribution >= 4 is 0 Å². The lowest BCUT2D eigenvalue weighted by Gasteiger charge is -2.26. The van der Waals surface area contributed by atoms with Crippen LogP contribution in [0.15, 0.2) is 18.3 Å². The average molecular weight is 284 g/mol. The van der Waals surface area contributed by atoms with Gasteiger partial charge in [-0.2, -0.15) is 0 Å². The number of rotatable bonds is 3. The Balaban J connectivity index is 1.79. The fourth-order valence-corrected chi connectivity index (χ4v) is 2.91. The number of nitrogens with zero attached hydrogens (tertiary/aromatic N) is 2. The summed E-state index contributed by atoms with van der Waals surface area (Å²) >= 11 is 0. The maximum absolute atomic E-state index is 4.56. The van der Waals surface area contributed by atoms with Gasteiger partial charge in [-0.1, -0.05) is 6.07 Å². The summed E-state index contributed by atoms with van der Waals surface area (Å²) in [6.45, 7) is 11.7. The summed E-state index contributed by atoms with van der Waals surface area (Å²) in [6.07, 6.45) is 1.97. The molecule has 2 heterocycles. The van der Waals surface area contributed by atoms with Crippen molar-refractivity contribution in [2.45, 2.75) is 27.3 Å². The second-order valence-electron chi connectivity index (χ2n) is 6.02. The Morgan fingerprint density at radius 3 is 2.52 bits per heavy atom. The summed E-state index contributed by atoms with van der Waals surface area (Å²) in [5, 5.41) is 3.38. The van der Waals surface area contributed by atoms with Crippen molar-refractivity contribution in [1.29, 1.82) is 0 Å². The Hall–Kier alpha value is -1.65. The van der Waals surface area contributed by atoms with Gasteiger partial charge in [-0.25, -0.2) is 4.98 Å². The highest BCUT2D eigenvalue weighted by molar-refractivity contribution is 5.65. The summed E-state index contributed by atoms with van der Waals surface area (Å²) < 4.78 is 0. The molecule has 1 aliphatic rings. The average Bonchev–Trinajstić information content (AvgIpc) is 2.92. The van der Waals surface area contributed by atoms with Gasteiger partial charge in [0.15, 0.2) is 0 Å². The van der Waals surface area contributed by atoms with E-state index in [1.54, 1.807) is 0 Å². The third-order valence-electron chi connectivity index (χ3n) is 4.34. The molecular formula is C17H24N4. The third-order valence-corrected chi connectivity index (χ3v) is 4.34. The molecule has 112 valence electrons. The Bertz CT molecular complexity index is 624. The minimum absolute atomic E-state index is 0.908. The molecule has 0 radical (unpaired) electrons. The molecule has 0 aliphatic carbocycles. The number of H-pyrrole nitrogens is 1. The molecule has 0 spiro atoms. The van der Waals surface area contributed by atoms with Crippen LogP contribution in [0.5, 0.6) is 0 Å². The predicted octanol–water partition coefficient (Wildman–Crippen LogP) is 2.41. The zero-order valence-corrected chi connectivity index (χ0v) is 13.2. The molecule has 4 nitrogen and oxygen atoms in total. The zero-order chi connectivity index (χ0) is 14.8. The molecule has 0 amide bonds. The van der Waals surface area contributed by atoms with Gasteiger partial charge in [-0.3, -0.25) is 4.90 Å². The van der Waals surface area contributed by atoms with Gasteiger partial charge in [0.25, 0.3) is 0 Å². The highest BCUT2D eigenvalue weighted by Gasteiger charge is 2.13. The van der Waals surface area contributed by atoms with Crippen molar-refractivity contribution < 1.29 is 0 Å². The molecule has 0 atom stereocenters. The lowest BCUT2D eigenvalue weighted by atomic mass is 9.99. The largest absolute Gasteiger partial charge is 0.341 e. The molecule has 1 aliphatic heterocycles. The van der Waals surface area contributed by atoms with Crippen LogP contribution in [0.1, 0.15) is 22.5 Å². The maximum Gasteiger partial charge on any atom is 0.120 e. The van der Waals surface area contributed by atoms with Crippen molar-refractivity contribution in [2.24, 2.45) is 0 Å². The summed E-state index contributed by atoms with van der Waals surface area (Å²) in [6, 6.07) is 4.51. The minimum atomic E-state index is 0.908. The number of piperazine rings is 1. The second-order valence-corrected chi connectivity index (χ2v) is 6.02. The van der Waals surface area contributed by atoms with Crippen molar-refractivity contribution in [2.75, 3.05) is 26.2 Å². The molecule has 2 N–H and O–H groups in total. The summed E-state index contributed by atoms with van der Waals surface area (Å²) in [5.41, 5.74) is 6.36. The number of hydrogen-bond acceptors (Lipinski definition) is 3. The van der Waals surface area contributed by atoms with Crippen LogP contribution in [0.3, 0.4) is 0 Å². The molecule has 1 aromatic heterocycles. The van der Waals surface area contributed by atoms with Crippen LogP contribution in [0.25, 0.3) is 11.3 Å². The highest BCUT2D eigenvalue weighted by atomic mass is 15.2. The maximum atomic E-state index is 4.56. The summed E-state index contributed by atoms with van der Waals surface area (Å²) in [7, 11) is 0. The van der Waals surface area contributed by atoms with Gasteiger partial charge in [0.05, 0.1) is 18.4 Å². The first kappa shape index (κ1) is 14.3. The van der Waals surface area contributed by atoms with Gasteiger partial charge >= 0.3 is 0 Å². The lowest BCUT2D eigenvalue weighted by molar-refractivity contribution is 0.228. The van der Waals surface area contributed by atoms with Gasteiger partial charge in [-0.05, 0) is 43.5 Å². The van der Waals surface area contributed by atoms with E-state index in [2.05, 4.69) is 53.1 Å². The molecule has 0 unspecified atom stereocenters. The van der Waals surface area contributed by atoms with Gasteiger partial charge in [0.1, 0.15) is 5.82 Å². The SMILES string of the molecule is Cc1cc(C)c(-c2cnc(CN3CCNCC3)[nH]2)cc1C.